The average molecular weight is 317 g/mol. The van der Waals surface area contributed by atoms with Crippen molar-refractivity contribution in [3.63, 3.8) is 0 Å². The van der Waals surface area contributed by atoms with Crippen molar-refractivity contribution in [1.29, 1.82) is 0 Å². The first-order valence-electron chi connectivity index (χ1n) is 7.44. The van der Waals surface area contributed by atoms with Gasteiger partial charge in [-0.05, 0) is 39.7 Å². The van der Waals surface area contributed by atoms with Gasteiger partial charge in [-0.25, -0.2) is 0 Å². The summed E-state index contributed by atoms with van der Waals surface area (Å²) in [7, 11) is -1.00. The Hall–Kier alpha value is -0.660. The van der Waals surface area contributed by atoms with Crippen LogP contribution in [0.15, 0.2) is 0 Å². The van der Waals surface area contributed by atoms with E-state index in [1.165, 1.54) is 0 Å². The summed E-state index contributed by atoms with van der Waals surface area (Å²) < 4.78 is 5.22. The minimum Gasteiger partial charge on any atom is -0.466 e. The number of carbonyl (C=O) groups excluding carboxylic acids is 1. The first-order valence-corrected chi connectivity index (χ1v) is 9.89. The normalized spacial score (nSPS) is 14.9. The lowest BCUT2D eigenvalue weighted by Gasteiger charge is -2.39. The van der Waals surface area contributed by atoms with E-state index in [-0.39, 0.29) is 10.7 Å². The Bertz CT molecular complexity index is 402. The molecule has 3 nitrogen and oxygen atoms in total. The van der Waals surface area contributed by atoms with Crippen molar-refractivity contribution in [2.75, 3.05) is 19.1 Å². The zero-order chi connectivity index (χ0) is 16.9. The van der Waals surface area contributed by atoms with Crippen LogP contribution in [0.25, 0.3) is 0 Å². The van der Waals surface area contributed by atoms with Gasteiger partial charge in [-0.3, -0.25) is 4.79 Å². The van der Waals surface area contributed by atoms with Crippen LogP contribution in [0.4, 0.5) is 0 Å². The monoisotopic (exact) mass is 316 g/mol. The van der Waals surface area contributed by atoms with E-state index in [1.54, 1.807) is 20.8 Å². The fourth-order valence-electron chi connectivity index (χ4n) is 1.60. The lowest BCUT2D eigenvalue weighted by molar-refractivity contribution is -0.156. The van der Waals surface area contributed by atoms with Crippen molar-refractivity contribution >= 4 is 16.0 Å². The van der Waals surface area contributed by atoms with Gasteiger partial charge in [-0.2, -0.15) is 10.0 Å². The van der Waals surface area contributed by atoms with E-state index in [4.69, 9.17) is 4.74 Å². The number of hydrogen-bond donors (Lipinski definition) is 1. The molecular formula is C17H32O3S. The maximum Gasteiger partial charge on any atom is 0.311 e. The molecule has 1 atom stereocenters. The predicted octanol–water partition coefficient (Wildman–Crippen LogP) is 3.54. The molecule has 0 saturated carbocycles. The summed E-state index contributed by atoms with van der Waals surface area (Å²) >= 11 is 0. The average Bonchev–Trinajstić information content (AvgIpc) is 2.25. The highest BCUT2D eigenvalue weighted by molar-refractivity contribution is 8.37. The highest BCUT2D eigenvalue weighted by Gasteiger charge is 2.34. The van der Waals surface area contributed by atoms with Crippen molar-refractivity contribution in [2.24, 2.45) is 5.92 Å². The topological polar surface area (TPSA) is 46.5 Å². The van der Waals surface area contributed by atoms with Gasteiger partial charge in [-0.1, -0.05) is 31.9 Å². The molecular weight excluding hydrogens is 284 g/mol. The van der Waals surface area contributed by atoms with Crippen LogP contribution >= 0.6 is 10.0 Å². The summed E-state index contributed by atoms with van der Waals surface area (Å²) in [6.07, 6.45) is 5.53. The summed E-state index contributed by atoms with van der Waals surface area (Å²) in [4.78, 5) is 11.9. The molecule has 0 aromatic heterocycles. The lowest BCUT2D eigenvalue weighted by Crippen LogP contribution is -2.37. The Kier molecular flexibility index (Phi) is 7.32. The molecule has 0 bridgehead atoms. The number of esters is 1. The molecule has 0 rings (SSSR count). The summed E-state index contributed by atoms with van der Waals surface area (Å²) in [6.45, 7) is 12.0. The Morgan fingerprint density at radius 3 is 2.14 bits per heavy atom. The quantitative estimate of drug-likeness (QED) is 0.623. The van der Waals surface area contributed by atoms with Gasteiger partial charge < -0.3 is 9.84 Å². The SMILES string of the molecule is CCOC(=O)C(CCC#CS(C)(C)C(C)(C)C)C(C)(C)O. The van der Waals surface area contributed by atoms with E-state index in [9.17, 15) is 9.90 Å². The predicted molar refractivity (Wildman–Crippen MR) is 92.6 cm³/mol. The van der Waals surface area contributed by atoms with Crippen LogP contribution < -0.4 is 0 Å². The third-order valence-corrected chi connectivity index (χ3v) is 7.56. The van der Waals surface area contributed by atoms with Gasteiger partial charge in [0.2, 0.25) is 0 Å². The highest BCUT2D eigenvalue weighted by Crippen LogP contribution is 2.51. The van der Waals surface area contributed by atoms with Crippen molar-refractivity contribution in [3.05, 3.63) is 0 Å². The molecule has 0 amide bonds. The molecule has 0 aliphatic rings. The number of ether oxygens (including phenoxy) is 1. The van der Waals surface area contributed by atoms with Crippen molar-refractivity contribution < 1.29 is 14.6 Å². The first-order chi connectivity index (χ1) is 9.33. The number of rotatable bonds is 5. The van der Waals surface area contributed by atoms with Crippen molar-refractivity contribution in [1.82, 2.24) is 0 Å². The van der Waals surface area contributed by atoms with Gasteiger partial charge >= 0.3 is 5.97 Å². The fourth-order valence-corrected chi connectivity index (χ4v) is 2.37. The molecule has 4 heteroatoms. The minimum absolute atomic E-state index is 0.177. The Balaban J connectivity index is 4.79. The maximum absolute atomic E-state index is 11.9. The van der Waals surface area contributed by atoms with E-state index in [2.05, 4.69) is 44.5 Å². The van der Waals surface area contributed by atoms with E-state index >= 15 is 0 Å². The molecule has 0 fully saturated rings. The second kappa shape index (κ2) is 7.56. The molecule has 1 unspecified atom stereocenters. The number of hydrogen-bond acceptors (Lipinski definition) is 3. The first kappa shape index (κ1) is 20.3. The lowest BCUT2D eigenvalue weighted by atomic mass is 9.87. The summed E-state index contributed by atoms with van der Waals surface area (Å²) in [5.74, 6) is 2.33. The third-order valence-electron chi connectivity index (χ3n) is 3.84. The van der Waals surface area contributed by atoms with E-state index in [0.717, 1.165) is 0 Å². The fraction of sp³-hybridized carbons (Fsp3) is 0.824. The van der Waals surface area contributed by atoms with Crippen molar-refractivity contribution in [3.8, 4) is 11.2 Å². The second-order valence-electron chi connectivity index (χ2n) is 7.21. The van der Waals surface area contributed by atoms with E-state index in [1.807, 2.05) is 0 Å². The van der Waals surface area contributed by atoms with Gasteiger partial charge in [0.15, 0.2) is 0 Å². The molecule has 0 spiro atoms. The third kappa shape index (κ3) is 6.76. The number of carbonyl (C=O) groups is 1. The van der Waals surface area contributed by atoms with Crippen LogP contribution in [0.5, 0.6) is 0 Å². The van der Waals surface area contributed by atoms with E-state index < -0.39 is 21.5 Å². The van der Waals surface area contributed by atoms with Crippen LogP contribution in [-0.2, 0) is 9.53 Å². The molecule has 0 aliphatic carbocycles. The molecule has 124 valence electrons. The summed E-state index contributed by atoms with van der Waals surface area (Å²) in [6, 6.07) is 0. The van der Waals surface area contributed by atoms with Gasteiger partial charge in [-0.15, -0.1) is 0 Å². The van der Waals surface area contributed by atoms with Gasteiger partial charge in [0, 0.05) is 11.2 Å². The smallest absolute Gasteiger partial charge is 0.311 e. The molecule has 0 radical (unpaired) electrons. The molecule has 0 heterocycles. The van der Waals surface area contributed by atoms with Crippen LogP contribution in [0, 0.1) is 17.1 Å². The van der Waals surface area contributed by atoms with Gasteiger partial charge in [0.05, 0.1) is 18.1 Å². The maximum atomic E-state index is 11.9. The summed E-state index contributed by atoms with van der Waals surface area (Å²) in [5.41, 5.74) is -1.08. The van der Waals surface area contributed by atoms with Crippen LogP contribution in [0.1, 0.15) is 54.4 Å². The highest BCUT2D eigenvalue weighted by atomic mass is 32.3. The van der Waals surface area contributed by atoms with Crippen LogP contribution in [-0.4, -0.2) is 40.5 Å². The Morgan fingerprint density at radius 2 is 1.76 bits per heavy atom. The zero-order valence-corrected chi connectivity index (χ0v) is 15.7. The Morgan fingerprint density at radius 1 is 1.24 bits per heavy atom. The largest absolute Gasteiger partial charge is 0.466 e. The van der Waals surface area contributed by atoms with Crippen LogP contribution in [0.3, 0.4) is 0 Å². The number of aliphatic hydroxyl groups is 1. The standard InChI is InChI=1S/C17H32O3S/c1-9-20-15(18)14(17(5,6)19)12-10-11-13-21(7,8)16(2,3)4/h14,19H,9-10,12H2,1-8H3. The molecule has 0 aromatic carbocycles. The van der Waals surface area contributed by atoms with Gasteiger partial charge in [0.25, 0.3) is 0 Å². The second-order valence-corrected chi connectivity index (χ2v) is 11.3. The van der Waals surface area contributed by atoms with Crippen LogP contribution in [0.2, 0.25) is 0 Å². The van der Waals surface area contributed by atoms with Crippen molar-refractivity contribution in [2.45, 2.75) is 64.7 Å². The minimum atomic E-state index is -1.08. The molecule has 0 aliphatic heterocycles. The molecule has 0 aromatic rings. The zero-order valence-electron chi connectivity index (χ0n) is 14.9. The summed E-state index contributed by atoms with van der Waals surface area (Å²) in [5, 5.41) is 13.5. The molecule has 0 saturated heterocycles. The molecule has 21 heavy (non-hydrogen) atoms. The Labute approximate surface area is 132 Å². The molecule has 1 N–H and O–H groups in total. The van der Waals surface area contributed by atoms with E-state index in [0.29, 0.717) is 19.4 Å². The van der Waals surface area contributed by atoms with Gasteiger partial charge in [0.1, 0.15) is 0 Å².